The van der Waals surface area contributed by atoms with Crippen molar-refractivity contribution in [2.45, 2.75) is 13.3 Å². The average Bonchev–Trinajstić information content (AvgIpc) is 2.60. The number of carbonyl (C=O) groups is 2. The molecule has 23 heavy (non-hydrogen) atoms. The Kier molecular flexibility index (Phi) is 5.74. The van der Waals surface area contributed by atoms with Crippen LogP contribution in [-0.2, 0) is 11.2 Å². The number of aryl methyl sites for hydroxylation is 1. The number of carbonyl (C=O) groups excluding carboxylic acids is 2. The minimum atomic E-state index is -0.274. The predicted octanol–water partition coefficient (Wildman–Crippen LogP) is 3.09. The molecule has 0 aliphatic heterocycles. The third-order valence-corrected chi connectivity index (χ3v) is 3.35. The molecule has 2 aromatic carbocycles. The number of anilines is 1. The van der Waals surface area contributed by atoms with E-state index in [1.165, 1.54) is 7.11 Å². The van der Waals surface area contributed by atoms with Gasteiger partial charge in [0.2, 0.25) is 0 Å². The lowest BCUT2D eigenvalue weighted by Gasteiger charge is -2.12. The standard InChI is InChI=1S/C18H19NO4/c1-3-14-6-4-5-7-15(14)19-18(21)12-23-17-10-13(11-20)8-9-16(17)22-2/h4-11H,3,12H2,1-2H3,(H,19,21). The molecule has 0 saturated heterocycles. The summed E-state index contributed by atoms with van der Waals surface area (Å²) in [4.78, 5) is 22.9. The van der Waals surface area contributed by atoms with E-state index < -0.39 is 0 Å². The summed E-state index contributed by atoms with van der Waals surface area (Å²) >= 11 is 0. The van der Waals surface area contributed by atoms with Crippen molar-refractivity contribution in [3.8, 4) is 11.5 Å². The second-order valence-corrected chi connectivity index (χ2v) is 4.88. The first-order chi connectivity index (χ1) is 11.2. The molecule has 0 heterocycles. The van der Waals surface area contributed by atoms with E-state index in [1.54, 1.807) is 18.2 Å². The number of amides is 1. The highest BCUT2D eigenvalue weighted by Crippen LogP contribution is 2.27. The molecule has 1 N–H and O–H groups in total. The van der Waals surface area contributed by atoms with Crippen molar-refractivity contribution in [1.82, 2.24) is 0 Å². The molecule has 0 aliphatic carbocycles. The van der Waals surface area contributed by atoms with Crippen molar-refractivity contribution in [1.29, 1.82) is 0 Å². The zero-order valence-corrected chi connectivity index (χ0v) is 13.2. The Morgan fingerprint density at radius 3 is 2.65 bits per heavy atom. The van der Waals surface area contributed by atoms with Gasteiger partial charge in [0.05, 0.1) is 7.11 Å². The van der Waals surface area contributed by atoms with Gasteiger partial charge in [-0.1, -0.05) is 25.1 Å². The Hall–Kier alpha value is -2.82. The number of ether oxygens (including phenoxy) is 2. The molecule has 2 aromatic rings. The van der Waals surface area contributed by atoms with E-state index in [-0.39, 0.29) is 12.5 Å². The third kappa shape index (κ3) is 4.32. The van der Waals surface area contributed by atoms with Crippen molar-refractivity contribution in [2.24, 2.45) is 0 Å². The van der Waals surface area contributed by atoms with Gasteiger partial charge in [-0.2, -0.15) is 0 Å². The summed E-state index contributed by atoms with van der Waals surface area (Å²) in [6, 6.07) is 12.4. The second kappa shape index (κ2) is 7.98. The number of benzene rings is 2. The number of rotatable bonds is 7. The summed E-state index contributed by atoms with van der Waals surface area (Å²) in [6.07, 6.45) is 1.54. The molecule has 5 nitrogen and oxygen atoms in total. The highest BCUT2D eigenvalue weighted by atomic mass is 16.5. The zero-order valence-electron chi connectivity index (χ0n) is 13.2. The normalized spacial score (nSPS) is 10.0. The number of aldehydes is 1. The highest BCUT2D eigenvalue weighted by Gasteiger charge is 2.10. The molecule has 120 valence electrons. The number of nitrogens with one attached hydrogen (secondary N) is 1. The van der Waals surface area contributed by atoms with E-state index in [0.717, 1.165) is 17.7 Å². The SMILES string of the molecule is CCc1ccccc1NC(=O)COc1cc(C=O)ccc1OC. The van der Waals surface area contributed by atoms with Crippen LogP contribution >= 0.6 is 0 Å². The number of hydrogen-bond donors (Lipinski definition) is 1. The highest BCUT2D eigenvalue weighted by molar-refractivity contribution is 5.92. The molecule has 0 aromatic heterocycles. The van der Waals surface area contributed by atoms with Gasteiger partial charge in [0.25, 0.3) is 5.91 Å². The van der Waals surface area contributed by atoms with Gasteiger partial charge < -0.3 is 14.8 Å². The fourth-order valence-electron chi connectivity index (χ4n) is 2.16. The van der Waals surface area contributed by atoms with Crippen LogP contribution < -0.4 is 14.8 Å². The van der Waals surface area contributed by atoms with Crippen molar-refractivity contribution in [3.05, 3.63) is 53.6 Å². The molecular formula is C18H19NO4. The molecule has 0 atom stereocenters. The molecule has 0 radical (unpaired) electrons. The van der Waals surface area contributed by atoms with Crippen LogP contribution in [-0.4, -0.2) is 25.9 Å². The topological polar surface area (TPSA) is 64.6 Å². The summed E-state index contributed by atoms with van der Waals surface area (Å²) in [5.41, 5.74) is 2.29. The van der Waals surface area contributed by atoms with E-state index in [4.69, 9.17) is 9.47 Å². The molecule has 2 rings (SSSR count). The average molecular weight is 313 g/mol. The van der Waals surface area contributed by atoms with Gasteiger partial charge in [0, 0.05) is 11.3 Å². The Bertz CT molecular complexity index is 697. The quantitative estimate of drug-likeness (QED) is 0.798. The number of hydrogen-bond acceptors (Lipinski definition) is 4. The van der Waals surface area contributed by atoms with E-state index in [2.05, 4.69) is 5.32 Å². The molecule has 5 heteroatoms. The van der Waals surface area contributed by atoms with Crippen LogP contribution in [0.15, 0.2) is 42.5 Å². The minimum Gasteiger partial charge on any atom is -0.493 e. The van der Waals surface area contributed by atoms with E-state index in [1.807, 2.05) is 31.2 Å². The molecular weight excluding hydrogens is 294 g/mol. The fourth-order valence-corrected chi connectivity index (χ4v) is 2.16. The smallest absolute Gasteiger partial charge is 0.262 e. The summed E-state index contributed by atoms with van der Waals surface area (Å²) in [6.45, 7) is 1.86. The van der Waals surface area contributed by atoms with Gasteiger partial charge in [-0.25, -0.2) is 0 Å². The third-order valence-electron chi connectivity index (χ3n) is 3.35. The van der Waals surface area contributed by atoms with Crippen LogP contribution in [0.2, 0.25) is 0 Å². The molecule has 0 bridgehead atoms. The summed E-state index contributed by atoms with van der Waals surface area (Å²) in [5.74, 6) is 0.554. The maximum absolute atomic E-state index is 12.1. The molecule has 0 spiro atoms. The van der Waals surface area contributed by atoms with Gasteiger partial charge in [-0.05, 0) is 36.2 Å². The monoisotopic (exact) mass is 313 g/mol. The Labute approximate surface area is 135 Å². The van der Waals surface area contributed by atoms with Crippen LogP contribution in [0.3, 0.4) is 0 Å². The summed E-state index contributed by atoms with van der Waals surface area (Å²) < 4.78 is 10.6. The minimum absolute atomic E-state index is 0.170. The van der Waals surface area contributed by atoms with Gasteiger partial charge in [-0.3, -0.25) is 9.59 Å². The first kappa shape index (κ1) is 16.5. The van der Waals surface area contributed by atoms with Gasteiger partial charge in [0.15, 0.2) is 18.1 Å². The van der Waals surface area contributed by atoms with Crippen molar-refractivity contribution in [3.63, 3.8) is 0 Å². The maximum Gasteiger partial charge on any atom is 0.262 e. The Morgan fingerprint density at radius 2 is 1.96 bits per heavy atom. The lowest BCUT2D eigenvalue weighted by atomic mass is 10.1. The van der Waals surface area contributed by atoms with Crippen molar-refractivity contribution < 1.29 is 19.1 Å². The van der Waals surface area contributed by atoms with E-state index in [0.29, 0.717) is 23.3 Å². The summed E-state index contributed by atoms with van der Waals surface area (Å²) in [7, 11) is 1.50. The van der Waals surface area contributed by atoms with Crippen LogP contribution in [0.1, 0.15) is 22.8 Å². The molecule has 0 unspecified atom stereocenters. The summed E-state index contributed by atoms with van der Waals surface area (Å²) in [5, 5.41) is 2.82. The van der Waals surface area contributed by atoms with Crippen LogP contribution in [0.25, 0.3) is 0 Å². The lowest BCUT2D eigenvalue weighted by molar-refractivity contribution is -0.118. The van der Waals surface area contributed by atoms with Crippen molar-refractivity contribution >= 4 is 17.9 Å². The van der Waals surface area contributed by atoms with E-state index >= 15 is 0 Å². The molecule has 0 saturated carbocycles. The van der Waals surface area contributed by atoms with Crippen LogP contribution in [0, 0.1) is 0 Å². The molecule has 1 amide bonds. The van der Waals surface area contributed by atoms with Crippen LogP contribution in [0.4, 0.5) is 5.69 Å². The number of methoxy groups -OCH3 is 1. The Balaban J connectivity index is 2.03. The molecule has 0 aliphatic rings. The number of para-hydroxylation sites is 1. The lowest BCUT2D eigenvalue weighted by Crippen LogP contribution is -2.21. The fraction of sp³-hybridized carbons (Fsp3) is 0.222. The van der Waals surface area contributed by atoms with Gasteiger partial charge in [0.1, 0.15) is 6.29 Å². The van der Waals surface area contributed by atoms with Crippen molar-refractivity contribution in [2.75, 3.05) is 19.0 Å². The predicted molar refractivity (Wildman–Crippen MR) is 88.3 cm³/mol. The van der Waals surface area contributed by atoms with Crippen LogP contribution in [0.5, 0.6) is 11.5 Å². The largest absolute Gasteiger partial charge is 0.493 e. The van der Waals surface area contributed by atoms with Gasteiger partial charge in [-0.15, -0.1) is 0 Å². The first-order valence-electron chi connectivity index (χ1n) is 7.31. The zero-order chi connectivity index (χ0) is 16.7. The first-order valence-corrected chi connectivity index (χ1v) is 7.31. The molecule has 0 fully saturated rings. The Morgan fingerprint density at radius 1 is 1.17 bits per heavy atom. The second-order valence-electron chi connectivity index (χ2n) is 4.88. The van der Waals surface area contributed by atoms with E-state index in [9.17, 15) is 9.59 Å². The van der Waals surface area contributed by atoms with Gasteiger partial charge >= 0.3 is 0 Å². The maximum atomic E-state index is 12.1.